The van der Waals surface area contributed by atoms with Crippen molar-refractivity contribution >= 4 is 0 Å². The molecule has 0 amide bonds. The van der Waals surface area contributed by atoms with E-state index in [1.54, 1.807) is 46.1 Å². The molecular weight excluding hydrogens is 1720 g/mol. The molecule has 0 N–H and O–H groups in total. The SMILES string of the molecule is CC(C)(C)c1cccc(C(C)(C)C)n1.CC(C)(C)c1cccc(C(F)(F)F)n1.CC(C)(C)c1ccnc(C(C)(C)C)c1.CC(C)(C)c1ccnc(C(C)(C)C)c1.CC(C)(C)c1ccnc(C(C)(C)C)n1.CC(C)(C)c1cnc(C(C)(C)C)o1.CC(C)(C)c1coc(C(C)(C)C)n1.CC(C)(C)c1nc(C(F)(F)F)ccc1F.CC(C)(C)c1ncc(F)cc1F.Cc1nc(C(C)(C)C)ccc1F. The Hall–Kier alpha value is -9.15. The number of aryl methyl sites for hydroxylation is 1. The van der Waals surface area contributed by atoms with Crippen molar-refractivity contribution in [3.63, 3.8) is 0 Å². The quantitative estimate of drug-likeness (QED) is 0.132. The van der Waals surface area contributed by atoms with E-state index < -0.39 is 46.6 Å². The third-order valence-corrected chi connectivity index (χ3v) is 19.9. The molecule has 10 aromatic rings. The number of oxazole rings is 2. The Bertz CT molecular complexity index is 4640. The third-order valence-electron chi connectivity index (χ3n) is 19.9. The molecule has 135 heavy (non-hydrogen) atoms. The molecule has 0 aromatic carbocycles. The van der Waals surface area contributed by atoms with Gasteiger partial charge in [-0.1, -0.05) is 344 Å². The van der Waals surface area contributed by atoms with Gasteiger partial charge >= 0.3 is 12.4 Å². The lowest BCUT2D eigenvalue weighted by Gasteiger charge is -2.23. The number of alkyl halides is 6. The number of hydrogen-bond acceptors (Lipinski definition) is 13. The van der Waals surface area contributed by atoms with Crippen LogP contribution in [0.2, 0.25) is 0 Å². The minimum absolute atomic E-state index is 0.00153. The van der Waals surface area contributed by atoms with Gasteiger partial charge in [-0.25, -0.2) is 47.5 Å². The van der Waals surface area contributed by atoms with Crippen LogP contribution >= 0.6 is 0 Å². The van der Waals surface area contributed by atoms with E-state index in [2.05, 4.69) is 362 Å². The first kappa shape index (κ1) is 124. The van der Waals surface area contributed by atoms with Crippen LogP contribution in [-0.4, -0.2) is 54.8 Å². The second-order valence-electron chi connectivity index (χ2n) is 50.8. The molecular formula is C112H169F10N11O2. The van der Waals surface area contributed by atoms with Crippen LogP contribution in [0.5, 0.6) is 0 Å². The second kappa shape index (κ2) is 46.5. The van der Waals surface area contributed by atoms with Crippen LogP contribution in [0.1, 0.15) is 441 Å². The van der Waals surface area contributed by atoms with Gasteiger partial charge in [0.2, 0.25) is 0 Å². The predicted octanol–water partition coefficient (Wildman–Crippen LogP) is 33.1. The van der Waals surface area contributed by atoms with E-state index in [4.69, 9.17) is 13.8 Å². The van der Waals surface area contributed by atoms with Crippen molar-refractivity contribution in [2.24, 2.45) is 0 Å². The van der Waals surface area contributed by atoms with Crippen molar-refractivity contribution in [3.8, 4) is 0 Å². The fourth-order valence-electron chi connectivity index (χ4n) is 11.0. The summed E-state index contributed by atoms with van der Waals surface area (Å²) in [6, 6.07) is 26.5. The zero-order valence-electron chi connectivity index (χ0n) is 91.7. The van der Waals surface area contributed by atoms with Crippen molar-refractivity contribution in [1.82, 2.24) is 54.8 Å². The molecule has 0 atom stereocenters. The van der Waals surface area contributed by atoms with Crippen molar-refractivity contribution in [3.05, 3.63) is 266 Å². The van der Waals surface area contributed by atoms with Gasteiger partial charge in [0.25, 0.3) is 0 Å². The zero-order chi connectivity index (χ0) is 106. The summed E-state index contributed by atoms with van der Waals surface area (Å²) in [4.78, 5) is 46.0. The molecule has 10 heterocycles. The van der Waals surface area contributed by atoms with Crippen molar-refractivity contribution in [1.29, 1.82) is 0 Å². The lowest BCUT2D eigenvalue weighted by Crippen LogP contribution is -2.21. The van der Waals surface area contributed by atoms with Gasteiger partial charge < -0.3 is 8.83 Å². The molecule has 0 saturated heterocycles. The number of aromatic nitrogens is 11. The largest absolute Gasteiger partial charge is 0.448 e. The predicted molar refractivity (Wildman–Crippen MR) is 538 cm³/mol. The van der Waals surface area contributed by atoms with Crippen LogP contribution in [-0.2, 0) is 99.0 Å². The Morgan fingerprint density at radius 3 is 0.881 bits per heavy atom. The summed E-state index contributed by atoms with van der Waals surface area (Å²) in [5.41, 5.74) is 9.39. The highest BCUT2D eigenvalue weighted by molar-refractivity contribution is 5.30. The maximum atomic E-state index is 13.2. The molecule has 10 rings (SSSR count). The molecule has 0 aliphatic heterocycles. The first-order valence-corrected chi connectivity index (χ1v) is 46.4. The molecule has 754 valence electrons. The third kappa shape index (κ3) is 44.5. The molecule has 0 aliphatic carbocycles. The van der Waals surface area contributed by atoms with Gasteiger partial charge in [0.15, 0.2) is 11.8 Å². The van der Waals surface area contributed by atoms with Gasteiger partial charge in [0.1, 0.15) is 52.5 Å². The van der Waals surface area contributed by atoms with Gasteiger partial charge in [-0.05, 0) is 108 Å². The standard InChI is InChI=1S/3C13H21N.C12H20N2.2C11H19NO.C10H11F4N.C10H12F3N.C10H14FN.C9H11F2N/c2*1-12(2,3)10-7-8-14-11(9-10)13(4,5)6;1-12(2,3)10-8-7-9-11(14-10)13(4,5)6;1-11(2,3)9-7-8-13-10(14-9)12(4,5)6;1-10(2,3)8-7-13-9(12-8)11(4,5)6;1-10(2,3)8-7-12-9(13-8)11(4,5)6;1-9(2,3)8-6(11)4-5-7(15-8)10(12,13)14;1-9(2,3)7-5-4-6-8(14-7)10(11,12)13;1-7-8(11)5-6-9(12-7)10(2,3)4;1-9(2,3)8-7(11)4-6(10)5-12-8/h3*7-9H,1-6H3;7-8H,1-6H3;2*7H,1-6H3;4-5H,1-3H3;4-6H,1-3H3;5-6H,1-4H3;4-5H,1-3H3. The average Bonchev–Trinajstić information content (AvgIpc) is 1.12. The minimum Gasteiger partial charge on any atom is -0.448 e. The monoisotopic (exact) mass is 1890 g/mol. The summed E-state index contributed by atoms with van der Waals surface area (Å²) in [5.74, 6) is 1.35. The normalized spacial score (nSPS) is 12.9. The first-order chi connectivity index (χ1) is 59.9. The Kier molecular flexibility index (Phi) is 42.7. The number of rotatable bonds is 0. The fraction of sp³-hybridized carbons (Fsp3) is 0.598. The molecule has 23 heteroatoms. The fourth-order valence-corrected chi connectivity index (χ4v) is 11.0. The maximum absolute atomic E-state index is 13.2. The molecule has 0 unspecified atom stereocenters. The number of pyridine rings is 7. The number of nitrogens with zero attached hydrogens (tertiary/aromatic N) is 11. The Morgan fingerprint density at radius 1 is 0.237 bits per heavy atom. The number of halogens is 10. The van der Waals surface area contributed by atoms with E-state index in [9.17, 15) is 43.9 Å². The van der Waals surface area contributed by atoms with Gasteiger partial charge in [0.05, 0.1) is 35.2 Å². The van der Waals surface area contributed by atoms with E-state index >= 15 is 0 Å². The molecule has 10 aromatic heterocycles. The smallest absolute Gasteiger partial charge is 0.433 e. The lowest BCUT2D eigenvalue weighted by molar-refractivity contribution is -0.142. The van der Waals surface area contributed by atoms with Crippen molar-refractivity contribution < 1.29 is 52.7 Å². The van der Waals surface area contributed by atoms with E-state index in [1.165, 1.54) is 46.0 Å². The molecule has 13 nitrogen and oxygen atoms in total. The van der Waals surface area contributed by atoms with E-state index in [0.717, 1.165) is 64.8 Å². The van der Waals surface area contributed by atoms with Crippen LogP contribution < -0.4 is 0 Å². The minimum atomic E-state index is -4.53. The van der Waals surface area contributed by atoms with E-state index in [0.29, 0.717) is 23.1 Å². The summed E-state index contributed by atoms with van der Waals surface area (Å²) in [7, 11) is 0. The average molecular weight is 1890 g/mol. The highest BCUT2D eigenvalue weighted by atomic mass is 19.4. The Labute approximate surface area is 807 Å². The van der Waals surface area contributed by atoms with Gasteiger partial charge in [0, 0.05) is 140 Å². The second-order valence-corrected chi connectivity index (χ2v) is 50.8. The summed E-state index contributed by atoms with van der Waals surface area (Å²) < 4.78 is 136. The van der Waals surface area contributed by atoms with Crippen LogP contribution in [0, 0.1) is 30.2 Å². The van der Waals surface area contributed by atoms with E-state index in [-0.39, 0.29) is 92.7 Å². The molecule has 0 saturated carbocycles. The van der Waals surface area contributed by atoms with Crippen LogP contribution in [0.25, 0.3) is 0 Å². The summed E-state index contributed by atoms with van der Waals surface area (Å²) in [6.07, 6.45) is 1.43. The Balaban J connectivity index is 0.000000750. The summed E-state index contributed by atoms with van der Waals surface area (Å²) in [6.45, 7) is 102. The van der Waals surface area contributed by atoms with Crippen LogP contribution in [0.3, 0.4) is 0 Å². The highest BCUT2D eigenvalue weighted by Crippen LogP contribution is 2.37. The van der Waals surface area contributed by atoms with Gasteiger partial charge in [-0.2, -0.15) is 26.3 Å². The summed E-state index contributed by atoms with van der Waals surface area (Å²) >= 11 is 0. The van der Waals surface area contributed by atoms with Crippen LogP contribution in [0.15, 0.2) is 143 Å². The van der Waals surface area contributed by atoms with Crippen molar-refractivity contribution in [2.75, 3.05) is 0 Å². The number of hydrogen-bond donors (Lipinski definition) is 0. The molecule has 0 spiro atoms. The van der Waals surface area contributed by atoms with Crippen molar-refractivity contribution in [2.45, 2.75) is 438 Å². The molecule has 0 fully saturated rings. The summed E-state index contributed by atoms with van der Waals surface area (Å²) in [5, 5.41) is 0. The zero-order valence-corrected chi connectivity index (χ0v) is 91.7. The van der Waals surface area contributed by atoms with Gasteiger partial charge in [-0.3, -0.25) is 24.9 Å². The topological polar surface area (TPSA) is 168 Å². The Morgan fingerprint density at radius 2 is 0.578 bits per heavy atom. The lowest BCUT2D eigenvalue weighted by atomic mass is 9.84. The molecule has 0 bridgehead atoms. The van der Waals surface area contributed by atoms with E-state index in [1.807, 2.05) is 72.4 Å². The molecule has 0 aliphatic rings. The first-order valence-electron chi connectivity index (χ1n) is 46.4. The van der Waals surface area contributed by atoms with Crippen LogP contribution in [0.4, 0.5) is 43.9 Å². The maximum Gasteiger partial charge on any atom is 0.433 e. The highest BCUT2D eigenvalue weighted by Gasteiger charge is 2.37. The van der Waals surface area contributed by atoms with Gasteiger partial charge in [-0.15, -0.1) is 0 Å². The molecule has 0 radical (unpaired) electrons.